The van der Waals surface area contributed by atoms with E-state index in [1.165, 1.54) is 17.0 Å². The topological polar surface area (TPSA) is 85.8 Å². The van der Waals surface area contributed by atoms with Crippen LogP contribution in [0.3, 0.4) is 0 Å². The number of anilines is 1. The third-order valence-electron chi connectivity index (χ3n) is 6.75. The molecule has 0 aliphatic carbocycles. The summed E-state index contributed by atoms with van der Waals surface area (Å²) in [6.45, 7) is 2.08. The van der Waals surface area contributed by atoms with E-state index in [-0.39, 0.29) is 22.6 Å². The standard InChI is InChI=1S/C24H19F4N5O2/c1-11-30-10-18-22(29)31-16-9-15(25)14(8-17(16)33(11)18)23(34)32-6-2-3-19-21(32)13-5-4-12(24(26,27)28)7-20(13)35-19/h4-5,7-10,19,21H,2-3,6H2,1H3,(H2,29,31). The molecule has 6 rings (SSSR count). The quantitative estimate of drug-likeness (QED) is 0.396. The molecule has 2 unspecified atom stereocenters. The van der Waals surface area contributed by atoms with Crippen molar-refractivity contribution in [2.75, 3.05) is 12.3 Å². The lowest BCUT2D eigenvalue weighted by molar-refractivity contribution is -0.137. The summed E-state index contributed by atoms with van der Waals surface area (Å²) in [7, 11) is 0. The van der Waals surface area contributed by atoms with Crippen LogP contribution in [0.5, 0.6) is 5.75 Å². The molecule has 0 radical (unpaired) electrons. The van der Waals surface area contributed by atoms with E-state index in [2.05, 4.69) is 9.97 Å². The summed E-state index contributed by atoms with van der Waals surface area (Å²) >= 11 is 0. The molecule has 0 spiro atoms. The van der Waals surface area contributed by atoms with E-state index in [0.717, 1.165) is 18.2 Å². The maximum absolute atomic E-state index is 15.2. The Morgan fingerprint density at radius 2 is 2.00 bits per heavy atom. The third-order valence-corrected chi connectivity index (χ3v) is 6.75. The zero-order valence-electron chi connectivity index (χ0n) is 18.4. The molecule has 180 valence electrons. The molecule has 2 aromatic heterocycles. The van der Waals surface area contributed by atoms with Crippen molar-refractivity contribution in [3.05, 3.63) is 64.9 Å². The van der Waals surface area contributed by atoms with Gasteiger partial charge in [0.05, 0.1) is 34.4 Å². The number of imidazole rings is 1. The molecule has 2 atom stereocenters. The number of benzene rings is 2. The maximum atomic E-state index is 15.2. The van der Waals surface area contributed by atoms with E-state index in [1.54, 1.807) is 17.5 Å². The van der Waals surface area contributed by atoms with E-state index < -0.39 is 35.6 Å². The number of hydrogen-bond donors (Lipinski definition) is 1. The van der Waals surface area contributed by atoms with Gasteiger partial charge in [0.2, 0.25) is 0 Å². The zero-order chi connectivity index (χ0) is 24.6. The number of rotatable bonds is 1. The molecule has 1 fully saturated rings. The number of carbonyl (C=O) groups excluding carboxylic acids is 1. The van der Waals surface area contributed by atoms with Gasteiger partial charge in [-0.15, -0.1) is 0 Å². The van der Waals surface area contributed by atoms with E-state index in [9.17, 15) is 18.0 Å². The Hall–Kier alpha value is -3.89. The smallest absolute Gasteiger partial charge is 0.416 e. The first-order valence-corrected chi connectivity index (χ1v) is 11.0. The number of nitrogens with zero attached hydrogens (tertiary/aromatic N) is 4. The molecule has 2 aromatic carbocycles. The Morgan fingerprint density at radius 1 is 1.20 bits per heavy atom. The molecule has 4 heterocycles. The van der Waals surface area contributed by atoms with Gasteiger partial charge in [-0.1, -0.05) is 6.07 Å². The molecule has 7 nitrogen and oxygen atoms in total. The summed E-state index contributed by atoms with van der Waals surface area (Å²) in [4.78, 5) is 23.6. The highest BCUT2D eigenvalue weighted by molar-refractivity contribution is 5.99. The lowest BCUT2D eigenvalue weighted by atomic mass is 9.93. The molecule has 4 aromatic rings. The van der Waals surface area contributed by atoms with Crippen molar-refractivity contribution >= 4 is 28.3 Å². The molecule has 1 saturated heterocycles. The van der Waals surface area contributed by atoms with Gasteiger partial charge >= 0.3 is 6.18 Å². The van der Waals surface area contributed by atoms with Crippen LogP contribution in [0.2, 0.25) is 0 Å². The van der Waals surface area contributed by atoms with Gasteiger partial charge in [-0.25, -0.2) is 14.4 Å². The fourth-order valence-corrected chi connectivity index (χ4v) is 5.15. The maximum Gasteiger partial charge on any atom is 0.416 e. The number of hydrogen-bond acceptors (Lipinski definition) is 5. The minimum atomic E-state index is -4.51. The molecule has 2 N–H and O–H groups in total. The number of aryl methyl sites for hydroxylation is 1. The van der Waals surface area contributed by atoms with Crippen molar-refractivity contribution in [3.8, 4) is 5.75 Å². The minimum Gasteiger partial charge on any atom is -0.488 e. The number of aromatic nitrogens is 3. The van der Waals surface area contributed by atoms with Gasteiger partial charge in [-0.2, -0.15) is 13.2 Å². The number of ether oxygens (including phenoxy) is 1. The summed E-state index contributed by atoms with van der Waals surface area (Å²) in [6, 6.07) is 5.26. The van der Waals surface area contributed by atoms with E-state index in [0.29, 0.717) is 41.8 Å². The van der Waals surface area contributed by atoms with Gasteiger partial charge in [-0.05, 0) is 38.0 Å². The SMILES string of the molecule is Cc1ncc2c(N)nc3cc(F)c(C(=O)N4CCCC5Oc6cc(C(F)(F)F)ccc6C54)cc3n12. The number of fused-ring (bicyclic) bond motifs is 6. The lowest BCUT2D eigenvalue weighted by Gasteiger charge is -2.36. The number of amides is 1. The molecular formula is C24H19F4N5O2. The predicted molar refractivity (Wildman–Crippen MR) is 118 cm³/mol. The molecule has 11 heteroatoms. The lowest BCUT2D eigenvalue weighted by Crippen LogP contribution is -2.44. The highest BCUT2D eigenvalue weighted by atomic mass is 19.4. The first-order valence-electron chi connectivity index (χ1n) is 11.0. The fourth-order valence-electron chi connectivity index (χ4n) is 5.15. The molecule has 2 aliphatic heterocycles. The number of nitrogen functional groups attached to an aromatic ring is 1. The summed E-state index contributed by atoms with van der Waals surface area (Å²) in [6.07, 6.45) is -2.31. The van der Waals surface area contributed by atoms with Gasteiger partial charge in [-0.3, -0.25) is 9.20 Å². The summed E-state index contributed by atoms with van der Waals surface area (Å²) in [5, 5.41) is 0. The number of likely N-dealkylation sites (tertiary alicyclic amines) is 1. The van der Waals surface area contributed by atoms with E-state index in [4.69, 9.17) is 10.5 Å². The van der Waals surface area contributed by atoms with Crippen LogP contribution in [0.4, 0.5) is 23.4 Å². The Morgan fingerprint density at radius 3 is 2.77 bits per heavy atom. The molecule has 2 aliphatic rings. The molecular weight excluding hydrogens is 466 g/mol. The largest absolute Gasteiger partial charge is 0.488 e. The van der Waals surface area contributed by atoms with Crippen molar-refractivity contribution in [3.63, 3.8) is 0 Å². The van der Waals surface area contributed by atoms with Crippen molar-refractivity contribution in [2.45, 2.75) is 38.1 Å². The summed E-state index contributed by atoms with van der Waals surface area (Å²) in [5.41, 5.74) is 6.77. The fraction of sp³-hybridized carbons (Fsp3) is 0.292. The van der Waals surface area contributed by atoms with Crippen LogP contribution in [-0.2, 0) is 6.18 Å². The van der Waals surface area contributed by atoms with E-state index in [1.807, 2.05) is 0 Å². The van der Waals surface area contributed by atoms with Gasteiger partial charge in [0.1, 0.15) is 34.8 Å². The Labute approximate surface area is 196 Å². The van der Waals surface area contributed by atoms with Crippen LogP contribution in [0.15, 0.2) is 36.5 Å². The minimum absolute atomic E-state index is 0.101. The van der Waals surface area contributed by atoms with Gasteiger partial charge in [0, 0.05) is 18.2 Å². The van der Waals surface area contributed by atoms with Crippen LogP contribution in [0.25, 0.3) is 16.6 Å². The molecule has 0 saturated carbocycles. The van der Waals surface area contributed by atoms with E-state index >= 15 is 4.39 Å². The number of piperidine rings is 1. The molecule has 1 amide bonds. The van der Waals surface area contributed by atoms with Crippen molar-refractivity contribution in [2.24, 2.45) is 0 Å². The Balaban J connectivity index is 1.44. The summed E-state index contributed by atoms with van der Waals surface area (Å²) < 4.78 is 62.3. The second kappa shape index (κ2) is 7.30. The first kappa shape index (κ1) is 21.6. The van der Waals surface area contributed by atoms with Crippen LogP contribution in [0, 0.1) is 12.7 Å². The number of nitrogens with two attached hydrogens (primary N) is 1. The van der Waals surface area contributed by atoms with Gasteiger partial charge in [0.15, 0.2) is 0 Å². The first-order chi connectivity index (χ1) is 16.6. The third kappa shape index (κ3) is 3.21. The number of alkyl halides is 3. The van der Waals surface area contributed by atoms with Gasteiger partial charge in [0.25, 0.3) is 5.91 Å². The van der Waals surface area contributed by atoms with Crippen molar-refractivity contribution < 1.29 is 27.1 Å². The highest BCUT2D eigenvalue weighted by Crippen LogP contribution is 2.47. The average molecular weight is 485 g/mol. The molecule has 35 heavy (non-hydrogen) atoms. The molecule has 0 bridgehead atoms. The highest BCUT2D eigenvalue weighted by Gasteiger charge is 2.44. The normalized spacial score (nSPS) is 19.6. The second-order valence-corrected chi connectivity index (χ2v) is 8.84. The monoisotopic (exact) mass is 485 g/mol. The number of halogens is 4. The predicted octanol–water partition coefficient (Wildman–Crippen LogP) is 4.67. The average Bonchev–Trinajstić information content (AvgIpc) is 3.38. The van der Waals surface area contributed by atoms with Crippen molar-refractivity contribution in [1.29, 1.82) is 0 Å². The summed E-state index contributed by atoms with van der Waals surface area (Å²) in [5.74, 6) is -0.448. The van der Waals surface area contributed by atoms with Crippen LogP contribution < -0.4 is 10.5 Å². The Kier molecular flexibility index (Phi) is 4.51. The van der Waals surface area contributed by atoms with Crippen LogP contribution in [-0.4, -0.2) is 37.8 Å². The van der Waals surface area contributed by atoms with Crippen molar-refractivity contribution in [1.82, 2.24) is 19.3 Å². The van der Waals surface area contributed by atoms with Crippen LogP contribution >= 0.6 is 0 Å². The Bertz CT molecular complexity index is 1530. The second-order valence-electron chi connectivity index (χ2n) is 8.84. The number of carbonyl (C=O) groups is 1. The zero-order valence-corrected chi connectivity index (χ0v) is 18.4. The van der Waals surface area contributed by atoms with Gasteiger partial charge < -0.3 is 15.4 Å². The van der Waals surface area contributed by atoms with Crippen LogP contribution in [0.1, 0.15) is 46.2 Å².